The Morgan fingerprint density at radius 2 is 1.74 bits per heavy atom. The summed E-state index contributed by atoms with van der Waals surface area (Å²) in [6, 6.07) is 21.1. The number of rotatable bonds is 16. The van der Waals surface area contributed by atoms with Crippen molar-refractivity contribution < 1.29 is 51.4 Å². The molecule has 0 spiro atoms. The number of hydrogen-bond acceptors (Lipinski definition) is 7. The fourth-order valence-corrected chi connectivity index (χ4v) is 8.66. The van der Waals surface area contributed by atoms with E-state index in [0.717, 1.165) is 78.6 Å². The molecule has 0 amide bonds. The molecule has 3 aromatic rings. The first-order chi connectivity index (χ1) is 23.7. The number of phenols is 1. The topological polar surface area (TPSA) is 119 Å². The SMILES string of the molecule is Cc1cc(CNC[C@H](O)c2ccc(O)c(CO)c2)ccc1CC(=O)CC[N+]12CCC(CC1)[C@@H](OC[C@@](O)(c1ccccc1)C1CCCC1)C2.[Br-]. The lowest BCUT2D eigenvalue weighted by Crippen LogP contribution is -3.00. The zero-order valence-corrected chi connectivity index (χ0v) is 31.0. The van der Waals surface area contributed by atoms with E-state index in [-0.39, 0.29) is 47.1 Å². The Balaban J connectivity index is 0.00000486. The molecule has 4 fully saturated rings. The van der Waals surface area contributed by atoms with Gasteiger partial charge < -0.3 is 51.9 Å². The number of ether oxygens (including phenoxy) is 1. The van der Waals surface area contributed by atoms with E-state index >= 15 is 0 Å². The monoisotopic (exact) mass is 750 g/mol. The highest BCUT2D eigenvalue weighted by Crippen LogP contribution is 2.42. The lowest BCUT2D eigenvalue weighted by Gasteiger charge is -2.53. The first-order valence-corrected chi connectivity index (χ1v) is 18.3. The van der Waals surface area contributed by atoms with Gasteiger partial charge in [0.25, 0.3) is 0 Å². The number of hydrogen-bond donors (Lipinski definition) is 5. The van der Waals surface area contributed by atoms with Crippen LogP contribution < -0.4 is 22.3 Å². The average molecular weight is 752 g/mol. The second kappa shape index (κ2) is 17.3. The molecule has 1 saturated carbocycles. The molecule has 2 bridgehead atoms. The van der Waals surface area contributed by atoms with Gasteiger partial charge in [-0.3, -0.25) is 4.79 Å². The van der Waals surface area contributed by atoms with Crippen LogP contribution in [0.25, 0.3) is 0 Å². The highest BCUT2D eigenvalue weighted by Gasteiger charge is 2.48. The normalized spacial score (nSPS) is 23.7. The number of nitrogens with zero attached hydrogens (tertiary/aromatic N) is 1. The minimum absolute atomic E-state index is 0. The molecule has 3 heterocycles. The van der Waals surface area contributed by atoms with Crippen molar-refractivity contribution >= 4 is 5.78 Å². The molecule has 3 saturated heterocycles. The quantitative estimate of drug-likeness (QED) is 0.143. The number of carbonyl (C=O) groups is 1. The number of halogens is 1. The summed E-state index contributed by atoms with van der Waals surface area (Å²) >= 11 is 0. The van der Waals surface area contributed by atoms with Crippen molar-refractivity contribution in [3.63, 3.8) is 0 Å². The Morgan fingerprint density at radius 1 is 1.00 bits per heavy atom. The number of aromatic hydroxyl groups is 1. The molecular formula is C41H55BrN2O6. The standard InChI is InChI=1S/C41H54N2O6.BrH/c1-29-21-30(24-42-25-39(47)33-13-14-38(46)34(22-33)27-44)11-12-32(29)23-37(45)17-20-43-18-15-31(16-19-43)40(26-43)49-28-41(48,36-9-5-6-10-36)35-7-3-2-4-8-35;/h2-4,7-8,11-14,21-22,31,36,39-40,42,44,47-48H,5-6,9-10,15-20,23-28H2,1H3;1H/t31?,39-,40-,41+,43?;/m0./s1. The number of fused-ring (bicyclic) bond motifs is 3. The lowest BCUT2D eigenvalue weighted by molar-refractivity contribution is -0.946. The van der Waals surface area contributed by atoms with E-state index in [1.807, 2.05) is 36.4 Å². The van der Waals surface area contributed by atoms with Crippen LogP contribution in [-0.2, 0) is 34.7 Å². The summed E-state index contributed by atoms with van der Waals surface area (Å²) in [5.74, 6) is 1.05. The van der Waals surface area contributed by atoms with Crippen LogP contribution in [0.3, 0.4) is 0 Å². The molecule has 50 heavy (non-hydrogen) atoms. The van der Waals surface area contributed by atoms with Crippen LogP contribution in [0.2, 0.25) is 0 Å². The number of carbonyl (C=O) groups excluding carboxylic acids is 1. The number of Topliss-reactive ketones (excluding diaryl/α,β-unsaturated/α-hetero) is 1. The van der Waals surface area contributed by atoms with E-state index in [1.165, 1.54) is 18.9 Å². The molecule has 9 heteroatoms. The Labute approximate surface area is 307 Å². The molecule has 3 aromatic carbocycles. The van der Waals surface area contributed by atoms with Gasteiger partial charge in [-0.15, -0.1) is 0 Å². The molecule has 4 aliphatic rings. The van der Waals surface area contributed by atoms with Gasteiger partial charge in [0.2, 0.25) is 0 Å². The minimum Gasteiger partial charge on any atom is -1.00 e. The third-order valence-corrected chi connectivity index (χ3v) is 11.8. The predicted octanol–water partition coefficient (Wildman–Crippen LogP) is 2.23. The van der Waals surface area contributed by atoms with Crippen LogP contribution in [0.1, 0.15) is 84.4 Å². The van der Waals surface area contributed by atoms with Crippen LogP contribution >= 0.6 is 0 Å². The third kappa shape index (κ3) is 9.05. The number of benzene rings is 3. The van der Waals surface area contributed by atoms with Gasteiger partial charge in [0.1, 0.15) is 29.8 Å². The number of piperidine rings is 3. The van der Waals surface area contributed by atoms with E-state index in [9.17, 15) is 25.2 Å². The molecule has 1 aliphatic carbocycles. The summed E-state index contributed by atoms with van der Waals surface area (Å²) in [6.45, 7) is 7.00. The van der Waals surface area contributed by atoms with Crippen LogP contribution in [0, 0.1) is 18.8 Å². The largest absolute Gasteiger partial charge is 1.00 e. The zero-order chi connectivity index (χ0) is 34.4. The van der Waals surface area contributed by atoms with Crippen LogP contribution in [0.4, 0.5) is 0 Å². The molecular weight excluding hydrogens is 696 g/mol. The molecule has 3 aliphatic heterocycles. The van der Waals surface area contributed by atoms with Gasteiger partial charge in [0.05, 0.1) is 45.4 Å². The Hall–Kier alpha value is -2.63. The van der Waals surface area contributed by atoms with Crippen LogP contribution in [0.15, 0.2) is 66.7 Å². The summed E-state index contributed by atoms with van der Waals surface area (Å²) < 4.78 is 7.64. The number of quaternary nitrogens is 1. The number of aliphatic hydroxyl groups is 3. The maximum atomic E-state index is 13.3. The van der Waals surface area contributed by atoms with E-state index in [1.54, 1.807) is 12.1 Å². The van der Waals surface area contributed by atoms with Crippen molar-refractivity contribution in [3.05, 3.63) is 100 Å². The first kappa shape index (κ1) is 38.6. The van der Waals surface area contributed by atoms with E-state index in [2.05, 4.69) is 24.4 Å². The summed E-state index contributed by atoms with van der Waals surface area (Å²) in [5.41, 5.74) is 4.27. The third-order valence-electron chi connectivity index (χ3n) is 11.8. The maximum absolute atomic E-state index is 13.3. The number of aryl methyl sites for hydroxylation is 1. The van der Waals surface area contributed by atoms with Crippen LogP contribution in [0.5, 0.6) is 5.75 Å². The van der Waals surface area contributed by atoms with Gasteiger partial charge >= 0.3 is 0 Å². The first-order valence-electron chi connectivity index (χ1n) is 18.3. The molecule has 5 N–H and O–H groups in total. The average Bonchev–Trinajstić information content (AvgIpc) is 3.68. The minimum atomic E-state index is -0.950. The highest BCUT2D eigenvalue weighted by atomic mass is 79.9. The summed E-state index contributed by atoms with van der Waals surface area (Å²) in [5, 5.41) is 45.0. The van der Waals surface area contributed by atoms with Gasteiger partial charge in [0, 0.05) is 43.8 Å². The number of ketones is 1. The molecule has 7 rings (SSSR count). The van der Waals surface area contributed by atoms with Gasteiger partial charge in [0.15, 0.2) is 0 Å². The van der Waals surface area contributed by atoms with Gasteiger partial charge in [-0.2, -0.15) is 0 Å². The van der Waals surface area contributed by atoms with Gasteiger partial charge in [-0.1, -0.05) is 67.4 Å². The van der Waals surface area contributed by atoms with Gasteiger partial charge in [-0.05, 0) is 65.6 Å². The fraction of sp³-hybridized carbons (Fsp3) is 0.537. The maximum Gasteiger partial charge on any atom is 0.142 e. The molecule has 0 unspecified atom stereocenters. The molecule has 8 nitrogen and oxygen atoms in total. The molecule has 0 radical (unpaired) electrons. The van der Waals surface area contributed by atoms with E-state index in [0.29, 0.717) is 49.6 Å². The smallest absolute Gasteiger partial charge is 0.142 e. The molecule has 0 aromatic heterocycles. The molecule has 3 atom stereocenters. The van der Waals surface area contributed by atoms with Crippen molar-refractivity contribution in [1.29, 1.82) is 0 Å². The van der Waals surface area contributed by atoms with E-state index in [4.69, 9.17) is 4.74 Å². The van der Waals surface area contributed by atoms with Crippen molar-refractivity contribution in [2.75, 3.05) is 39.3 Å². The lowest BCUT2D eigenvalue weighted by atomic mass is 9.80. The summed E-state index contributed by atoms with van der Waals surface area (Å²) in [6.07, 6.45) is 7.02. The Bertz CT molecular complexity index is 1560. The second-order valence-electron chi connectivity index (χ2n) is 15.1. The Morgan fingerprint density at radius 3 is 2.44 bits per heavy atom. The predicted molar refractivity (Wildman–Crippen MR) is 190 cm³/mol. The fourth-order valence-electron chi connectivity index (χ4n) is 8.66. The van der Waals surface area contributed by atoms with Crippen molar-refractivity contribution in [3.8, 4) is 5.75 Å². The summed E-state index contributed by atoms with van der Waals surface area (Å²) in [7, 11) is 0. The van der Waals surface area contributed by atoms with Crippen molar-refractivity contribution in [2.45, 2.75) is 89.3 Å². The molecule has 272 valence electrons. The summed E-state index contributed by atoms with van der Waals surface area (Å²) in [4.78, 5) is 13.3. The zero-order valence-electron chi connectivity index (χ0n) is 29.4. The van der Waals surface area contributed by atoms with Crippen molar-refractivity contribution in [1.82, 2.24) is 5.32 Å². The highest BCUT2D eigenvalue weighted by molar-refractivity contribution is 5.81. The van der Waals surface area contributed by atoms with Gasteiger partial charge in [-0.25, -0.2) is 0 Å². The van der Waals surface area contributed by atoms with Crippen molar-refractivity contribution in [2.24, 2.45) is 11.8 Å². The Kier molecular flexibility index (Phi) is 13.3. The van der Waals surface area contributed by atoms with E-state index < -0.39 is 11.7 Å². The number of nitrogens with one attached hydrogen (secondary N) is 1. The van der Waals surface area contributed by atoms with Crippen LogP contribution in [-0.4, -0.2) is 76.1 Å². The number of aliphatic hydroxyl groups excluding tert-OH is 2. The second-order valence-corrected chi connectivity index (χ2v) is 15.1.